The molecule has 4 aromatic rings. The molecule has 0 atom stereocenters. The topological polar surface area (TPSA) is 155 Å². The van der Waals surface area contributed by atoms with Crippen LogP contribution in [-0.4, -0.2) is 71.8 Å². The Bertz CT molecular complexity index is 1650. The molecule has 1 aromatic carbocycles. The lowest BCUT2D eigenvalue weighted by Crippen LogP contribution is -2.47. The van der Waals surface area contributed by atoms with Gasteiger partial charge in [-0.3, -0.25) is 9.88 Å². The molecule has 0 unspecified atom stereocenters. The number of imidazole rings is 1. The molecule has 2 fully saturated rings. The highest BCUT2D eigenvalue weighted by Gasteiger charge is 2.23. The highest BCUT2D eigenvalue weighted by molar-refractivity contribution is 5.57. The number of aromatic hydroxyl groups is 1. The number of benzene rings is 1. The number of piperazine rings is 1. The smallest absolute Gasteiger partial charge is 0.326 e. The molecule has 6 rings (SSSR count). The van der Waals surface area contributed by atoms with Crippen LogP contribution in [-0.2, 0) is 6.54 Å². The van der Waals surface area contributed by atoms with Gasteiger partial charge < -0.3 is 15.0 Å². The van der Waals surface area contributed by atoms with E-state index in [2.05, 4.69) is 30.9 Å². The predicted molar refractivity (Wildman–Crippen MR) is 130 cm³/mol. The summed E-state index contributed by atoms with van der Waals surface area (Å²) in [5, 5.41) is 24.2. The summed E-state index contributed by atoms with van der Waals surface area (Å²) >= 11 is 0. The first kappa shape index (κ1) is 22.0. The average molecular weight is 485 g/mol. The molecule has 2 aliphatic rings. The summed E-state index contributed by atoms with van der Waals surface area (Å²) in [5.74, 6) is 0.336. The molecule has 4 heterocycles. The van der Waals surface area contributed by atoms with Gasteiger partial charge in [0.25, 0.3) is 5.62 Å². The van der Waals surface area contributed by atoms with E-state index in [4.69, 9.17) is 20.2 Å². The SMILES string of the molecule is N#Cc1cccc(CN2CCN(c3nc(=NC4CC4)n4nc/c(=C\c5[nH]c(=O)[nH]c5O)c4n3)CC2)c1. The van der Waals surface area contributed by atoms with Crippen LogP contribution in [0.5, 0.6) is 5.88 Å². The van der Waals surface area contributed by atoms with E-state index < -0.39 is 5.69 Å². The second kappa shape index (κ2) is 8.94. The van der Waals surface area contributed by atoms with E-state index in [9.17, 15) is 9.90 Å². The molecular weight excluding hydrogens is 460 g/mol. The summed E-state index contributed by atoms with van der Waals surface area (Å²) < 4.78 is 1.61. The van der Waals surface area contributed by atoms with Crippen molar-refractivity contribution < 1.29 is 5.11 Å². The molecule has 1 saturated carbocycles. The highest BCUT2D eigenvalue weighted by Crippen LogP contribution is 2.22. The summed E-state index contributed by atoms with van der Waals surface area (Å²) in [6.07, 6.45) is 5.31. The molecule has 1 aliphatic heterocycles. The molecule has 3 aromatic heterocycles. The molecule has 1 aliphatic carbocycles. The first-order valence-corrected chi connectivity index (χ1v) is 11.8. The number of nitriles is 1. The number of nitrogens with one attached hydrogen (secondary N) is 2. The van der Waals surface area contributed by atoms with Crippen molar-refractivity contribution in [2.24, 2.45) is 4.99 Å². The second-order valence-corrected chi connectivity index (χ2v) is 9.08. The predicted octanol–water partition coefficient (Wildman–Crippen LogP) is -0.349. The number of rotatable bonds is 5. The Morgan fingerprint density at radius 3 is 2.75 bits per heavy atom. The third kappa shape index (κ3) is 4.44. The normalized spacial score (nSPS) is 17.7. The molecule has 0 bridgehead atoms. The van der Waals surface area contributed by atoms with E-state index >= 15 is 0 Å². The summed E-state index contributed by atoms with van der Waals surface area (Å²) in [7, 11) is 0. The van der Waals surface area contributed by atoms with E-state index in [0.717, 1.165) is 51.1 Å². The van der Waals surface area contributed by atoms with Crippen molar-refractivity contribution in [2.45, 2.75) is 25.4 Å². The zero-order valence-corrected chi connectivity index (χ0v) is 19.4. The summed E-state index contributed by atoms with van der Waals surface area (Å²) in [5.41, 5.74) is 2.61. The van der Waals surface area contributed by atoms with Crippen LogP contribution in [0.1, 0.15) is 29.7 Å². The maximum atomic E-state index is 11.5. The fraction of sp³-hybridized carbons (Fsp3) is 0.333. The van der Waals surface area contributed by atoms with E-state index in [-0.39, 0.29) is 17.6 Å². The largest absolute Gasteiger partial charge is 0.493 e. The van der Waals surface area contributed by atoms with Crippen LogP contribution in [0.25, 0.3) is 11.7 Å². The minimum Gasteiger partial charge on any atom is -0.493 e. The maximum absolute atomic E-state index is 11.5. The van der Waals surface area contributed by atoms with Crippen LogP contribution in [0.15, 0.2) is 40.2 Å². The molecule has 182 valence electrons. The summed E-state index contributed by atoms with van der Waals surface area (Å²) in [6.45, 7) is 3.94. The number of fused-ring (bicyclic) bond motifs is 1. The van der Waals surface area contributed by atoms with Gasteiger partial charge in [-0.05, 0) is 36.6 Å². The van der Waals surface area contributed by atoms with Crippen LogP contribution in [0, 0.1) is 11.3 Å². The van der Waals surface area contributed by atoms with E-state index in [1.165, 1.54) is 0 Å². The Morgan fingerprint density at radius 1 is 1.19 bits per heavy atom. The van der Waals surface area contributed by atoms with Gasteiger partial charge in [-0.15, -0.1) is 0 Å². The van der Waals surface area contributed by atoms with Crippen molar-refractivity contribution in [2.75, 3.05) is 31.1 Å². The summed E-state index contributed by atoms with van der Waals surface area (Å²) in [6, 6.07) is 10.2. The molecule has 0 spiro atoms. The zero-order chi connectivity index (χ0) is 24.6. The molecule has 0 radical (unpaired) electrons. The molecule has 3 N–H and O–H groups in total. The number of H-pyrrole nitrogens is 2. The van der Waals surface area contributed by atoms with Crippen molar-refractivity contribution in [1.29, 1.82) is 5.26 Å². The van der Waals surface area contributed by atoms with Gasteiger partial charge in [0, 0.05) is 37.9 Å². The Kier molecular flexibility index (Phi) is 5.46. The first-order valence-electron chi connectivity index (χ1n) is 11.8. The Hall–Kier alpha value is -4.50. The zero-order valence-electron chi connectivity index (χ0n) is 19.4. The van der Waals surface area contributed by atoms with Crippen LogP contribution >= 0.6 is 0 Å². The quantitative estimate of drug-likeness (QED) is 0.347. The number of aromatic amines is 2. The lowest BCUT2D eigenvalue weighted by molar-refractivity contribution is 0.248. The first-order chi connectivity index (χ1) is 17.6. The van der Waals surface area contributed by atoms with Crippen LogP contribution < -0.4 is 21.4 Å². The van der Waals surface area contributed by atoms with Crippen LogP contribution in [0.2, 0.25) is 0 Å². The minimum absolute atomic E-state index is 0.243. The van der Waals surface area contributed by atoms with Crippen molar-refractivity contribution in [3.63, 3.8) is 0 Å². The Balaban J connectivity index is 1.30. The number of hydrogen-bond donors (Lipinski definition) is 3. The maximum Gasteiger partial charge on any atom is 0.326 e. The van der Waals surface area contributed by atoms with Crippen molar-refractivity contribution in [3.8, 4) is 11.9 Å². The van der Waals surface area contributed by atoms with Gasteiger partial charge in [0.2, 0.25) is 11.8 Å². The molecule has 0 amide bonds. The fourth-order valence-electron chi connectivity index (χ4n) is 4.31. The molecular formula is C24H24N10O2. The lowest BCUT2D eigenvalue weighted by atomic mass is 10.1. The Labute approximate surface area is 204 Å². The number of hydrogen-bond acceptors (Lipinski definition) is 9. The number of aromatic nitrogens is 6. The second-order valence-electron chi connectivity index (χ2n) is 9.08. The van der Waals surface area contributed by atoms with Crippen molar-refractivity contribution in [1.82, 2.24) is 34.4 Å². The fourth-order valence-corrected chi connectivity index (χ4v) is 4.31. The van der Waals surface area contributed by atoms with Gasteiger partial charge in [-0.2, -0.15) is 24.8 Å². The van der Waals surface area contributed by atoms with E-state index in [1.807, 2.05) is 24.3 Å². The molecule has 12 heteroatoms. The molecule has 36 heavy (non-hydrogen) atoms. The summed E-state index contributed by atoms with van der Waals surface area (Å²) in [4.78, 5) is 35.2. The average Bonchev–Trinajstić information content (AvgIpc) is 3.52. The van der Waals surface area contributed by atoms with Crippen molar-refractivity contribution >= 4 is 17.7 Å². The van der Waals surface area contributed by atoms with Gasteiger partial charge in [0.1, 0.15) is 5.69 Å². The van der Waals surface area contributed by atoms with Gasteiger partial charge in [-0.1, -0.05) is 12.1 Å². The third-order valence-corrected chi connectivity index (χ3v) is 6.36. The molecule has 1 saturated heterocycles. The van der Waals surface area contributed by atoms with Crippen LogP contribution in [0.3, 0.4) is 0 Å². The lowest BCUT2D eigenvalue weighted by Gasteiger charge is -2.34. The van der Waals surface area contributed by atoms with E-state index in [0.29, 0.717) is 28.0 Å². The van der Waals surface area contributed by atoms with Gasteiger partial charge >= 0.3 is 5.69 Å². The molecule has 12 nitrogen and oxygen atoms in total. The highest BCUT2D eigenvalue weighted by atomic mass is 16.3. The third-order valence-electron chi connectivity index (χ3n) is 6.36. The number of anilines is 1. The minimum atomic E-state index is -0.493. The standard InChI is InChI=1S/C24H24N10O2/c25-12-15-2-1-3-16(10-15)14-32-6-8-33(9-7-32)22-29-20-17(11-19-21(35)30-24(36)28-19)13-26-34(20)23(31-22)27-18-4-5-18/h1-3,10-11,13,18,35H,4-9,14H2,(H2,28,30,36)/b17-11+,27-23?. The van der Waals surface area contributed by atoms with E-state index in [1.54, 1.807) is 16.8 Å². The Morgan fingerprint density at radius 2 is 2.03 bits per heavy atom. The van der Waals surface area contributed by atoms with Crippen LogP contribution in [0.4, 0.5) is 5.95 Å². The van der Waals surface area contributed by atoms with Gasteiger partial charge in [-0.25, -0.2) is 9.79 Å². The number of nitrogens with zero attached hydrogens (tertiary/aromatic N) is 8. The van der Waals surface area contributed by atoms with Gasteiger partial charge in [0.15, 0.2) is 5.65 Å². The van der Waals surface area contributed by atoms with Crippen molar-refractivity contribution in [3.05, 3.63) is 68.6 Å². The monoisotopic (exact) mass is 484 g/mol. The van der Waals surface area contributed by atoms with Gasteiger partial charge in [0.05, 0.1) is 23.9 Å².